The minimum atomic E-state index is -0.749. The van der Waals surface area contributed by atoms with Crippen LogP contribution in [0.15, 0.2) is 42.6 Å². The van der Waals surface area contributed by atoms with Gasteiger partial charge in [-0.3, -0.25) is 9.69 Å². The molecule has 2 aliphatic heterocycles. The highest BCUT2D eigenvalue weighted by molar-refractivity contribution is 6.00. The molecule has 3 rings (SSSR count). The van der Waals surface area contributed by atoms with E-state index in [0.717, 1.165) is 6.92 Å². The molecule has 2 atom stereocenters. The molecule has 1 aromatic rings. The van der Waals surface area contributed by atoms with Gasteiger partial charge in [0.1, 0.15) is 12.4 Å². The van der Waals surface area contributed by atoms with Crippen LogP contribution in [-0.2, 0) is 14.3 Å². The second-order valence-corrected chi connectivity index (χ2v) is 6.21. The second-order valence-electron chi connectivity index (χ2n) is 6.21. The number of anilines is 2. The van der Waals surface area contributed by atoms with Gasteiger partial charge in [-0.25, -0.2) is 14.0 Å². The number of hydroxylamine groups is 2. The van der Waals surface area contributed by atoms with Crippen molar-refractivity contribution in [1.82, 2.24) is 0 Å². The Labute approximate surface area is 154 Å². The Bertz CT molecular complexity index is 838. The lowest BCUT2D eigenvalue weighted by molar-refractivity contribution is -0.768. The highest BCUT2D eigenvalue weighted by Crippen LogP contribution is 2.28. The Morgan fingerprint density at radius 1 is 1.37 bits per heavy atom. The van der Waals surface area contributed by atoms with Crippen molar-refractivity contribution in [1.29, 1.82) is 0 Å². The summed E-state index contributed by atoms with van der Waals surface area (Å²) in [5, 5.41) is 10.9. The molecular weight excluding hydrogens is 357 g/mol. The third-order valence-electron chi connectivity index (χ3n) is 4.24. The molecule has 0 radical (unpaired) electrons. The molecule has 0 aliphatic carbocycles. The number of halogens is 1. The summed E-state index contributed by atoms with van der Waals surface area (Å²) < 4.78 is 19.7. The molecule has 27 heavy (non-hydrogen) atoms. The molecule has 9 heteroatoms. The summed E-state index contributed by atoms with van der Waals surface area (Å²) in [6.07, 6.45) is 4.42. The van der Waals surface area contributed by atoms with Gasteiger partial charge in [-0.15, -0.1) is 0 Å². The molecule has 1 saturated heterocycles. The highest BCUT2D eigenvalue weighted by Gasteiger charge is 2.35. The number of carbonyl (C=O) groups excluding carboxylic acids is 3. The number of rotatable bonds is 4. The van der Waals surface area contributed by atoms with Crippen molar-refractivity contribution in [2.24, 2.45) is 0 Å². The van der Waals surface area contributed by atoms with E-state index in [2.05, 4.69) is 0 Å². The minimum absolute atomic E-state index is 0.0531. The first-order chi connectivity index (χ1) is 12.8. The minimum Gasteiger partial charge on any atom is -0.627 e. The van der Waals surface area contributed by atoms with Gasteiger partial charge in [0.25, 0.3) is 0 Å². The number of ketones is 1. The molecule has 0 saturated carbocycles. The van der Waals surface area contributed by atoms with E-state index >= 15 is 0 Å². The quantitative estimate of drug-likeness (QED) is 0.772. The molecule has 2 aliphatic rings. The zero-order chi connectivity index (χ0) is 19.6. The number of cyclic esters (lactones) is 1. The van der Waals surface area contributed by atoms with Crippen LogP contribution in [0.5, 0.6) is 0 Å². The monoisotopic (exact) mass is 375 g/mol. The summed E-state index contributed by atoms with van der Waals surface area (Å²) in [5.41, 5.74) is 0.537. The molecule has 2 amide bonds. The first-order valence-electron chi connectivity index (χ1n) is 8.32. The van der Waals surface area contributed by atoms with Crippen LogP contribution in [0.25, 0.3) is 0 Å². The number of quaternary nitrogens is 1. The molecule has 1 N–H and O–H groups in total. The fraction of sp³-hybridized carbons (Fsp3) is 0.278. The lowest BCUT2D eigenvalue weighted by atomic mass is 10.2. The number of hydrogen-bond donors (Lipinski definition) is 1. The zero-order valence-electron chi connectivity index (χ0n) is 14.6. The fourth-order valence-electron chi connectivity index (χ4n) is 2.83. The Morgan fingerprint density at radius 3 is 2.85 bits per heavy atom. The number of carbonyl (C=O) groups is 3. The molecule has 0 bridgehead atoms. The van der Waals surface area contributed by atoms with Crippen LogP contribution in [-0.4, -0.2) is 43.5 Å². The van der Waals surface area contributed by atoms with E-state index in [9.17, 15) is 24.0 Å². The van der Waals surface area contributed by atoms with Crippen LogP contribution in [0.2, 0.25) is 0 Å². The van der Waals surface area contributed by atoms with Gasteiger partial charge in [-0.05, 0) is 24.3 Å². The average Bonchev–Trinajstić information content (AvgIpc) is 2.83. The lowest BCUT2D eigenvalue weighted by Gasteiger charge is -2.21. The van der Waals surface area contributed by atoms with Gasteiger partial charge in [0.05, 0.1) is 24.8 Å². The van der Waals surface area contributed by atoms with Crippen molar-refractivity contribution in [3.8, 4) is 0 Å². The molecule has 2 heterocycles. The summed E-state index contributed by atoms with van der Waals surface area (Å²) in [6, 6.07) is 4.25. The number of nitrogens with one attached hydrogen (secondary N) is 1. The van der Waals surface area contributed by atoms with Crippen LogP contribution in [0.4, 0.5) is 20.6 Å². The van der Waals surface area contributed by atoms with Gasteiger partial charge in [0.15, 0.2) is 11.9 Å². The molecule has 0 aromatic heterocycles. The summed E-state index contributed by atoms with van der Waals surface area (Å²) in [5.74, 6) is -1.35. The van der Waals surface area contributed by atoms with Gasteiger partial charge in [-0.1, -0.05) is 6.08 Å². The van der Waals surface area contributed by atoms with E-state index in [4.69, 9.17) is 4.74 Å². The van der Waals surface area contributed by atoms with Crippen LogP contribution < -0.4 is 14.9 Å². The fourth-order valence-corrected chi connectivity index (χ4v) is 2.83. The second kappa shape index (κ2) is 7.68. The third kappa shape index (κ3) is 4.21. The topological polar surface area (TPSA) is 94.4 Å². The van der Waals surface area contributed by atoms with Crippen molar-refractivity contribution >= 4 is 29.2 Å². The summed E-state index contributed by atoms with van der Waals surface area (Å²) in [7, 11) is 0. The molecule has 142 valence electrons. The number of allylic oxidation sites excluding steroid dienone is 2. The average molecular weight is 375 g/mol. The molecular formula is C18H18FN3O5. The van der Waals surface area contributed by atoms with Gasteiger partial charge < -0.3 is 19.9 Å². The number of hydrogen-bond acceptors (Lipinski definition) is 6. The maximum atomic E-state index is 14.6. The van der Waals surface area contributed by atoms with Crippen molar-refractivity contribution < 1.29 is 28.6 Å². The smallest absolute Gasteiger partial charge is 0.414 e. The maximum Gasteiger partial charge on any atom is 0.414 e. The van der Waals surface area contributed by atoms with Crippen LogP contribution in [0.1, 0.15) is 6.92 Å². The van der Waals surface area contributed by atoms with E-state index in [1.807, 2.05) is 0 Å². The number of ether oxygens (including phenoxy) is 1. The van der Waals surface area contributed by atoms with Crippen LogP contribution >= 0.6 is 0 Å². The van der Waals surface area contributed by atoms with E-state index < -0.39 is 29.0 Å². The predicted molar refractivity (Wildman–Crippen MR) is 94.5 cm³/mol. The largest absolute Gasteiger partial charge is 0.627 e. The van der Waals surface area contributed by atoms with E-state index in [1.165, 1.54) is 35.4 Å². The Morgan fingerprint density at radius 2 is 2.15 bits per heavy atom. The number of benzene rings is 1. The third-order valence-corrected chi connectivity index (χ3v) is 4.24. The molecule has 0 spiro atoms. The van der Waals surface area contributed by atoms with Gasteiger partial charge in [-0.2, -0.15) is 0 Å². The van der Waals surface area contributed by atoms with E-state index in [1.54, 1.807) is 17.0 Å². The van der Waals surface area contributed by atoms with Gasteiger partial charge >= 0.3 is 12.0 Å². The maximum absolute atomic E-state index is 14.6. The molecule has 8 nitrogen and oxygen atoms in total. The lowest BCUT2D eigenvalue weighted by Crippen LogP contribution is -3.10. The summed E-state index contributed by atoms with van der Waals surface area (Å²) >= 11 is 0. The Hall–Kier alpha value is -3.04. The predicted octanol–water partition coefficient (Wildman–Crippen LogP) is 0.539. The first-order valence-corrected chi connectivity index (χ1v) is 8.32. The number of amides is 2. The number of nitrogens with zero attached hydrogens (tertiary/aromatic N) is 2. The van der Waals surface area contributed by atoms with Crippen LogP contribution in [0, 0.1) is 11.0 Å². The van der Waals surface area contributed by atoms with Crippen molar-refractivity contribution in [3.63, 3.8) is 0 Å². The van der Waals surface area contributed by atoms with Gasteiger partial charge in [0, 0.05) is 18.8 Å². The van der Waals surface area contributed by atoms with Crippen molar-refractivity contribution in [3.05, 3.63) is 53.7 Å². The SMILES string of the molecule is CC(=O)[N@@H+]([O-])CC1CN(c2ccc(N3C=CC(=O)C=CC3)c(F)c2)C(=O)O1. The van der Waals surface area contributed by atoms with Crippen molar-refractivity contribution in [2.45, 2.75) is 13.0 Å². The molecule has 1 unspecified atom stereocenters. The highest BCUT2D eigenvalue weighted by atomic mass is 19.1. The molecule has 1 fully saturated rings. The summed E-state index contributed by atoms with van der Waals surface area (Å²) in [4.78, 5) is 37.2. The zero-order valence-corrected chi connectivity index (χ0v) is 14.6. The van der Waals surface area contributed by atoms with E-state index in [0.29, 0.717) is 6.54 Å². The van der Waals surface area contributed by atoms with Crippen molar-refractivity contribution in [2.75, 3.05) is 29.4 Å². The Balaban J connectivity index is 1.75. The Kier molecular flexibility index (Phi) is 5.33. The normalized spacial score (nSPS) is 20.6. The van der Waals surface area contributed by atoms with Gasteiger partial charge in [0.2, 0.25) is 0 Å². The van der Waals surface area contributed by atoms with E-state index in [-0.39, 0.29) is 30.2 Å². The van der Waals surface area contributed by atoms with Crippen LogP contribution in [0.3, 0.4) is 0 Å². The first kappa shape index (κ1) is 18.7. The molecule has 1 aromatic carbocycles. The standard InChI is InChI=1S/C18H18FN3O5/c1-12(23)22(26)11-15-10-21(18(25)27-15)13-4-5-17(16(19)9-13)20-7-2-3-14(24)6-8-20/h2-6,8-9,15,22H,7,10-11H2,1H3. The summed E-state index contributed by atoms with van der Waals surface area (Å²) in [6.45, 7) is 1.35.